The summed E-state index contributed by atoms with van der Waals surface area (Å²) in [6, 6.07) is 4.41. The largest absolute Gasteiger partial charge is 0.492 e. The lowest BCUT2D eigenvalue weighted by Gasteiger charge is -2.31. The molecule has 1 N–H and O–H groups in total. The second kappa shape index (κ2) is 7.39. The second-order valence-electron chi connectivity index (χ2n) is 5.67. The molecule has 22 heavy (non-hydrogen) atoms. The van der Waals surface area contributed by atoms with Crippen LogP contribution in [-0.2, 0) is 9.84 Å². The highest BCUT2D eigenvalue weighted by molar-refractivity contribution is 7.90. The summed E-state index contributed by atoms with van der Waals surface area (Å²) in [6.07, 6.45) is 3.22. The molecule has 0 radical (unpaired) electrons. The minimum atomic E-state index is -3.54. The maximum atomic E-state index is 13.7. The first-order valence-electron chi connectivity index (χ1n) is 7.41. The topological polar surface area (TPSA) is 58.6 Å². The van der Waals surface area contributed by atoms with Gasteiger partial charge in [0.05, 0.1) is 0 Å². The predicted molar refractivity (Wildman–Crippen MR) is 83.5 cm³/mol. The summed E-state index contributed by atoms with van der Waals surface area (Å²) in [5.74, 6) is -0.421. The second-order valence-corrected chi connectivity index (χ2v) is 7.66. The summed E-state index contributed by atoms with van der Waals surface area (Å²) in [6.45, 7) is 3.26. The van der Waals surface area contributed by atoms with E-state index in [1.54, 1.807) is 0 Å². The van der Waals surface area contributed by atoms with Crippen molar-refractivity contribution < 1.29 is 17.5 Å². The molecule has 0 unspecified atom stereocenters. The number of sulfone groups is 1. The van der Waals surface area contributed by atoms with Gasteiger partial charge in [0, 0.05) is 24.9 Å². The molecule has 1 aromatic carbocycles. The first-order chi connectivity index (χ1) is 10.4. The van der Waals surface area contributed by atoms with E-state index < -0.39 is 15.7 Å². The van der Waals surface area contributed by atoms with Crippen LogP contribution in [0.3, 0.4) is 0 Å². The van der Waals surface area contributed by atoms with E-state index >= 15 is 0 Å². The van der Waals surface area contributed by atoms with Gasteiger partial charge in [-0.3, -0.25) is 4.90 Å². The van der Waals surface area contributed by atoms with Gasteiger partial charge < -0.3 is 10.1 Å². The van der Waals surface area contributed by atoms with Gasteiger partial charge in [-0.1, -0.05) is 0 Å². The molecule has 1 aromatic rings. The summed E-state index contributed by atoms with van der Waals surface area (Å²) in [5.41, 5.74) is 0. The van der Waals surface area contributed by atoms with Crippen LogP contribution in [0.15, 0.2) is 23.1 Å². The molecular formula is C15H23FN2O3S. The van der Waals surface area contributed by atoms with E-state index in [1.165, 1.54) is 12.1 Å². The maximum absolute atomic E-state index is 13.7. The third-order valence-corrected chi connectivity index (χ3v) is 5.08. The van der Waals surface area contributed by atoms with Gasteiger partial charge in [0.25, 0.3) is 0 Å². The van der Waals surface area contributed by atoms with Crippen molar-refractivity contribution in [2.75, 3.05) is 39.5 Å². The smallest absolute Gasteiger partial charge is 0.178 e. The van der Waals surface area contributed by atoms with Gasteiger partial charge in [-0.05, 0) is 45.1 Å². The Balaban J connectivity index is 1.85. The number of hydrogen-bond donors (Lipinski definition) is 1. The summed E-state index contributed by atoms with van der Waals surface area (Å²) in [5, 5.41) is 3.33. The highest BCUT2D eigenvalue weighted by Crippen LogP contribution is 2.20. The molecule has 0 bridgehead atoms. The Morgan fingerprint density at radius 1 is 1.36 bits per heavy atom. The zero-order valence-electron chi connectivity index (χ0n) is 13.0. The van der Waals surface area contributed by atoms with Gasteiger partial charge in [0.15, 0.2) is 9.84 Å². The molecule has 0 aliphatic carbocycles. The molecule has 1 saturated heterocycles. The Hall–Kier alpha value is -1.18. The van der Waals surface area contributed by atoms with Crippen molar-refractivity contribution in [1.29, 1.82) is 0 Å². The molecule has 7 heteroatoms. The lowest BCUT2D eigenvalue weighted by atomic mass is 10.1. The number of halogens is 1. The van der Waals surface area contributed by atoms with E-state index in [4.69, 9.17) is 4.74 Å². The van der Waals surface area contributed by atoms with Gasteiger partial charge in [0.1, 0.15) is 23.1 Å². The molecule has 1 heterocycles. The van der Waals surface area contributed by atoms with Crippen molar-refractivity contribution in [3.8, 4) is 5.75 Å². The minimum absolute atomic E-state index is 0.299. The number of hydrogen-bond acceptors (Lipinski definition) is 5. The van der Waals surface area contributed by atoms with Gasteiger partial charge in [-0.2, -0.15) is 0 Å². The molecule has 124 valence electrons. The molecule has 1 aliphatic heterocycles. The van der Waals surface area contributed by atoms with Gasteiger partial charge in [-0.25, -0.2) is 12.8 Å². The predicted octanol–water partition coefficient (Wildman–Crippen LogP) is 1.29. The molecule has 5 nitrogen and oxygen atoms in total. The van der Waals surface area contributed by atoms with Crippen LogP contribution in [0.5, 0.6) is 5.75 Å². The van der Waals surface area contributed by atoms with Crippen molar-refractivity contribution in [2.24, 2.45) is 0 Å². The summed E-state index contributed by atoms with van der Waals surface area (Å²) < 4.78 is 42.0. The van der Waals surface area contributed by atoms with E-state index in [0.717, 1.165) is 44.8 Å². The van der Waals surface area contributed by atoms with E-state index in [1.807, 2.05) is 0 Å². The number of ether oxygens (including phenoxy) is 1. The third-order valence-electron chi connectivity index (χ3n) is 3.95. The average molecular weight is 330 g/mol. The van der Waals surface area contributed by atoms with Crippen molar-refractivity contribution in [3.05, 3.63) is 24.0 Å². The number of benzene rings is 1. The molecule has 0 atom stereocenters. The summed E-state index contributed by atoms with van der Waals surface area (Å²) in [7, 11) is -1.48. The van der Waals surface area contributed by atoms with E-state index in [-0.39, 0.29) is 4.90 Å². The Kier molecular flexibility index (Phi) is 5.77. The Labute approximate surface area is 131 Å². The molecule has 0 amide bonds. The molecule has 1 fully saturated rings. The normalized spacial score (nSPS) is 16.9. The highest BCUT2D eigenvalue weighted by atomic mass is 32.2. The van der Waals surface area contributed by atoms with Crippen LogP contribution in [0.4, 0.5) is 4.39 Å². The SMILES string of the molecule is CN(CCOc1ccc(S(C)(=O)=O)c(F)c1)C1CCNCC1. The van der Waals surface area contributed by atoms with E-state index in [9.17, 15) is 12.8 Å². The number of piperidine rings is 1. The molecule has 2 rings (SSSR count). The molecule has 0 aromatic heterocycles. The first-order valence-corrected chi connectivity index (χ1v) is 9.30. The summed E-state index contributed by atoms with van der Waals surface area (Å²) in [4.78, 5) is 1.95. The number of nitrogens with zero attached hydrogens (tertiary/aromatic N) is 1. The lowest BCUT2D eigenvalue weighted by molar-refractivity contribution is 0.165. The van der Waals surface area contributed by atoms with Crippen LogP contribution in [0.25, 0.3) is 0 Å². The summed E-state index contributed by atoms with van der Waals surface area (Å²) >= 11 is 0. The molecular weight excluding hydrogens is 307 g/mol. The van der Waals surface area contributed by atoms with E-state index in [2.05, 4.69) is 17.3 Å². The Morgan fingerprint density at radius 3 is 2.64 bits per heavy atom. The molecule has 0 spiro atoms. The zero-order chi connectivity index (χ0) is 16.2. The fraction of sp³-hybridized carbons (Fsp3) is 0.600. The van der Waals surface area contributed by atoms with Gasteiger partial charge in [-0.15, -0.1) is 0 Å². The first kappa shape index (κ1) is 17.2. The van der Waals surface area contributed by atoms with Crippen LogP contribution in [0, 0.1) is 5.82 Å². The van der Waals surface area contributed by atoms with Crippen molar-refractivity contribution in [1.82, 2.24) is 10.2 Å². The Morgan fingerprint density at radius 2 is 2.05 bits per heavy atom. The molecule has 0 saturated carbocycles. The van der Waals surface area contributed by atoms with Crippen LogP contribution in [0.1, 0.15) is 12.8 Å². The zero-order valence-corrected chi connectivity index (χ0v) is 13.8. The van der Waals surface area contributed by atoms with Crippen LogP contribution in [-0.4, -0.2) is 58.9 Å². The van der Waals surface area contributed by atoms with Gasteiger partial charge in [0.2, 0.25) is 0 Å². The average Bonchev–Trinajstić information content (AvgIpc) is 2.47. The number of likely N-dealkylation sites (N-methyl/N-ethyl adjacent to an activating group) is 1. The monoisotopic (exact) mass is 330 g/mol. The minimum Gasteiger partial charge on any atom is -0.492 e. The van der Waals surface area contributed by atoms with Gasteiger partial charge >= 0.3 is 0 Å². The quantitative estimate of drug-likeness (QED) is 0.852. The highest BCUT2D eigenvalue weighted by Gasteiger charge is 2.18. The number of rotatable bonds is 6. The fourth-order valence-electron chi connectivity index (χ4n) is 2.61. The fourth-order valence-corrected chi connectivity index (χ4v) is 3.34. The van der Waals surface area contributed by atoms with Crippen molar-refractivity contribution >= 4 is 9.84 Å². The van der Waals surface area contributed by atoms with Crippen LogP contribution < -0.4 is 10.1 Å². The van der Waals surface area contributed by atoms with E-state index in [0.29, 0.717) is 18.4 Å². The van der Waals surface area contributed by atoms with Crippen LogP contribution in [0.2, 0.25) is 0 Å². The van der Waals surface area contributed by atoms with Crippen molar-refractivity contribution in [2.45, 2.75) is 23.8 Å². The Bertz CT molecular complexity index is 601. The maximum Gasteiger partial charge on any atom is 0.178 e. The third kappa shape index (κ3) is 4.66. The molecule has 1 aliphatic rings. The lowest BCUT2D eigenvalue weighted by Crippen LogP contribution is -2.42. The van der Waals surface area contributed by atoms with Crippen molar-refractivity contribution in [3.63, 3.8) is 0 Å². The standard InChI is InChI=1S/C15H23FN2O3S/c1-18(12-5-7-17-8-6-12)9-10-21-13-3-4-15(14(16)11-13)22(2,19)20/h3-4,11-12,17H,5-10H2,1-2H3. The number of nitrogens with one attached hydrogen (secondary N) is 1. The van der Waals surface area contributed by atoms with Crippen LogP contribution >= 0.6 is 0 Å².